The van der Waals surface area contributed by atoms with Crippen LogP contribution in [0, 0.1) is 5.41 Å². The van der Waals surface area contributed by atoms with Crippen molar-refractivity contribution in [3.8, 4) is 5.75 Å². The molecule has 6 aliphatic rings. The number of rotatable bonds is 5. The zero-order valence-electron chi connectivity index (χ0n) is 19.2. The molecule has 3 aliphatic carbocycles. The zero-order valence-corrected chi connectivity index (χ0v) is 19.2. The number of carbonyl (C=O) groups is 1. The SMILES string of the molecule is CCCN1C(=O)N2C[C@@H](Cc3ccc(O)cc3)NC2=C2NC(C34CCC(O)(CC3)CC4)=NC21. The number of benzene rings is 1. The number of nitrogens with one attached hydrogen (secondary N) is 2. The largest absolute Gasteiger partial charge is 0.508 e. The summed E-state index contributed by atoms with van der Waals surface area (Å²) in [5, 5.41) is 27.5. The van der Waals surface area contributed by atoms with Crippen molar-refractivity contribution in [3.05, 3.63) is 41.3 Å². The monoisotopic (exact) mass is 451 g/mol. The van der Waals surface area contributed by atoms with Crippen LogP contribution in [0.15, 0.2) is 40.8 Å². The molecule has 2 bridgehead atoms. The molecule has 3 saturated carbocycles. The Kier molecular flexibility index (Phi) is 4.66. The van der Waals surface area contributed by atoms with Gasteiger partial charge in [-0.1, -0.05) is 19.1 Å². The zero-order chi connectivity index (χ0) is 22.8. The number of aromatic hydroxyl groups is 1. The molecule has 4 N–H and O–H groups in total. The molecule has 3 heterocycles. The van der Waals surface area contributed by atoms with Gasteiger partial charge < -0.3 is 20.8 Å². The first-order chi connectivity index (χ1) is 15.9. The molecule has 2 amide bonds. The van der Waals surface area contributed by atoms with E-state index in [9.17, 15) is 15.0 Å². The van der Waals surface area contributed by atoms with Crippen LogP contribution >= 0.6 is 0 Å². The Bertz CT molecular complexity index is 1010. The Morgan fingerprint density at radius 1 is 1.12 bits per heavy atom. The fourth-order valence-corrected chi connectivity index (χ4v) is 6.38. The van der Waals surface area contributed by atoms with E-state index >= 15 is 0 Å². The third-order valence-corrected chi connectivity index (χ3v) is 8.40. The Morgan fingerprint density at radius 2 is 1.82 bits per heavy atom. The number of amides is 2. The lowest BCUT2D eigenvalue weighted by Crippen LogP contribution is -2.54. The van der Waals surface area contributed by atoms with Gasteiger partial charge in [-0.3, -0.25) is 9.80 Å². The molecule has 2 atom stereocenters. The average Bonchev–Trinajstić information content (AvgIpc) is 3.44. The fraction of sp³-hybridized carbons (Fsp3) is 0.600. The highest BCUT2D eigenvalue weighted by atomic mass is 16.3. The summed E-state index contributed by atoms with van der Waals surface area (Å²) >= 11 is 0. The Labute approximate surface area is 194 Å². The summed E-state index contributed by atoms with van der Waals surface area (Å²) in [7, 11) is 0. The van der Waals surface area contributed by atoms with Gasteiger partial charge in [-0.25, -0.2) is 9.79 Å². The summed E-state index contributed by atoms with van der Waals surface area (Å²) in [6, 6.07) is 7.40. The number of aliphatic imine (C=N–C) groups is 1. The molecule has 8 heteroatoms. The second kappa shape index (κ2) is 7.38. The molecule has 1 aromatic rings. The van der Waals surface area contributed by atoms with Crippen molar-refractivity contribution in [2.24, 2.45) is 10.4 Å². The Balaban J connectivity index is 1.29. The number of urea groups is 1. The standard InChI is InChI=1S/C25H33N5O3/c1-2-13-29-21-19(27-22(28-21)24-7-10-25(33,11-8-24)12-9-24)20-26-17(15-30(20)23(29)32)14-16-3-5-18(31)6-4-16/h3-6,17,21,26,31,33H,2,7-15H2,1H3,(H,27,28)/t17-,21?,24?,25?/m1/s1. The number of phenolic OH excluding ortho intramolecular Hbond substituents is 1. The number of nitrogens with zero attached hydrogens (tertiary/aromatic N) is 3. The number of carbonyl (C=O) groups excluding carboxylic acids is 1. The van der Waals surface area contributed by atoms with Crippen LogP contribution in [0.5, 0.6) is 5.75 Å². The molecule has 0 radical (unpaired) electrons. The molecule has 176 valence electrons. The molecule has 1 aromatic carbocycles. The third kappa shape index (κ3) is 3.29. The minimum absolute atomic E-state index is 0.00874. The van der Waals surface area contributed by atoms with Crippen LogP contribution < -0.4 is 10.6 Å². The second-order valence-corrected chi connectivity index (χ2v) is 10.5. The first-order valence-corrected chi connectivity index (χ1v) is 12.3. The first kappa shape index (κ1) is 20.8. The van der Waals surface area contributed by atoms with Crippen molar-refractivity contribution in [1.82, 2.24) is 20.4 Å². The molecule has 8 nitrogen and oxygen atoms in total. The molecular weight excluding hydrogens is 418 g/mol. The van der Waals surface area contributed by atoms with Gasteiger partial charge in [0.1, 0.15) is 23.1 Å². The number of aliphatic hydroxyl groups is 1. The first-order valence-electron chi connectivity index (χ1n) is 12.3. The highest BCUT2D eigenvalue weighted by Crippen LogP contribution is 2.53. The topological polar surface area (TPSA) is 100 Å². The summed E-state index contributed by atoms with van der Waals surface area (Å²) in [5.41, 5.74) is 1.63. The Hall–Kier alpha value is -2.74. The second-order valence-electron chi connectivity index (χ2n) is 10.5. The van der Waals surface area contributed by atoms with E-state index in [1.165, 1.54) is 0 Å². The van der Waals surface area contributed by atoms with Crippen LogP contribution in [0.25, 0.3) is 0 Å². The highest BCUT2D eigenvalue weighted by molar-refractivity contribution is 5.94. The summed E-state index contributed by atoms with van der Waals surface area (Å²) in [4.78, 5) is 22.4. The van der Waals surface area contributed by atoms with Gasteiger partial charge in [0.25, 0.3) is 0 Å². The van der Waals surface area contributed by atoms with Crippen molar-refractivity contribution in [1.29, 1.82) is 0 Å². The van der Waals surface area contributed by atoms with Crippen molar-refractivity contribution < 1.29 is 15.0 Å². The molecular formula is C25H33N5O3. The van der Waals surface area contributed by atoms with Gasteiger partial charge >= 0.3 is 6.03 Å². The third-order valence-electron chi connectivity index (χ3n) is 8.40. The van der Waals surface area contributed by atoms with Crippen LogP contribution in [0.2, 0.25) is 0 Å². The van der Waals surface area contributed by atoms with Crippen LogP contribution in [-0.4, -0.2) is 62.8 Å². The van der Waals surface area contributed by atoms with Gasteiger partial charge in [-0.15, -0.1) is 0 Å². The minimum Gasteiger partial charge on any atom is -0.508 e. The van der Waals surface area contributed by atoms with Crippen molar-refractivity contribution in [2.45, 2.75) is 76.1 Å². The minimum atomic E-state index is -0.481. The molecule has 33 heavy (non-hydrogen) atoms. The van der Waals surface area contributed by atoms with Gasteiger partial charge in [0.05, 0.1) is 5.60 Å². The van der Waals surface area contributed by atoms with E-state index in [1.807, 2.05) is 21.9 Å². The number of amidine groups is 1. The fourth-order valence-electron chi connectivity index (χ4n) is 6.38. The average molecular weight is 452 g/mol. The smallest absolute Gasteiger partial charge is 0.327 e. The maximum absolute atomic E-state index is 13.5. The predicted octanol–water partition coefficient (Wildman–Crippen LogP) is 2.64. The van der Waals surface area contributed by atoms with Crippen LogP contribution in [0.3, 0.4) is 0 Å². The summed E-state index contributed by atoms with van der Waals surface area (Å²) in [5.74, 6) is 2.13. The van der Waals surface area contributed by atoms with E-state index in [2.05, 4.69) is 17.6 Å². The molecule has 0 spiro atoms. The van der Waals surface area contributed by atoms with Crippen LogP contribution in [0.1, 0.15) is 57.4 Å². The summed E-state index contributed by atoms with van der Waals surface area (Å²) < 4.78 is 0. The van der Waals surface area contributed by atoms with Crippen molar-refractivity contribution in [3.63, 3.8) is 0 Å². The molecule has 7 rings (SSSR count). The summed E-state index contributed by atoms with van der Waals surface area (Å²) in [6.07, 6.45) is 6.72. The highest BCUT2D eigenvalue weighted by Gasteiger charge is 2.54. The lowest BCUT2D eigenvalue weighted by atomic mass is 9.58. The molecule has 0 aromatic heterocycles. The van der Waals surface area contributed by atoms with Crippen molar-refractivity contribution >= 4 is 11.9 Å². The predicted molar refractivity (Wildman–Crippen MR) is 124 cm³/mol. The van der Waals surface area contributed by atoms with E-state index in [1.54, 1.807) is 12.1 Å². The number of fused-ring (bicyclic) bond motifs is 5. The summed E-state index contributed by atoms with van der Waals surface area (Å²) in [6.45, 7) is 3.38. The van der Waals surface area contributed by atoms with E-state index in [0.29, 0.717) is 13.1 Å². The van der Waals surface area contributed by atoms with Gasteiger partial charge in [-0.05, 0) is 69.1 Å². The number of hydrogen-bond acceptors (Lipinski definition) is 6. The lowest BCUT2D eigenvalue weighted by Gasteiger charge is -2.50. The molecule has 1 saturated heterocycles. The Morgan fingerprint density at radius 3 is 2.48 bits per heavy atom. The van der Waals surface area contributed by atoms with E-state index in [-0.39, 0.29) is 29.4 Å². The van der Waals surface area contributed by atoms with Crippen LogP contribution in [0.4, 0.5) is 4.79 Å². The van der Waals surface area contributed by atoms with Crippen molar-refractivity contribution in [2.75, 3.05) is 13.1 Å². The molecule has 1 unspecified atom stereocenters. The van der Waals surface area contributed by atoms with E-state index in [4.69, 9.17) is 4.99 Å². The van der Waals surface area contributed by atoms with E-state index < -0.39 is 5.60 Å². The van der Waals surface area contributed by atoms with Gasteiger partial charge in [0, 0.05) is 24.5 Å². The maximum atomic E-state index is 13.5. The van der Waals surface area contributed by atoms with E-state index in [0.717, 1.165) is 74.3 Å². The lowest BCUT2D eigenvalue weighted by molar-refractivity contribution is -0.0705. The normalized spacial score (nSPS) is 34.7. The van der Waals surface area contributed by atoms with Crippen LogP contribution in [-0.2, 0) is 6.42 Å². The van der Waals surface area contributed by atoms with Gasteiger partial charge in [-0.2, -0.15) is 0 Å². The maximum Gasteiger partial charge on any atom is 0.327 e. The quantitative estimate of drug-likeness (QED) is 0.552. The molecule has 4 fully saturated rings. The van der Waals surface area contributed by atoms with Gasteiger partial charge in [0.2, 0.25) is 0 Å². The molecule has 3 aliphatic heterocycles. The number of hydrogen-bond donors (Lipinski definition) is 4. The van der Waals surface area contributed by atoms with Gasteiger partial charge in [0.15, 0.2) is 6.17 Å². The number of phenols is 1.